The zero-order valence-electron chi connectivity index (χ0n) is 21.0. The van der Waals surface area contributed by atoms with Crippen molar-refractivity contribution in [2.75, 3.05) is 33.4 Å². The van der Waals surface area contributed by atoms with E-state index < -0.39 is 0 Å². The number of benzene rings is 2. The molecule has 1 aromatic heterocycles. The number of carbonyl (C=O) groups is 2. The first kappa shape index (κ1) is 25.5. The first-order chi connectivity index (χ1) is 17.4. The van der Waals surface area contributed by atoms with Crippen LogP contribution in [0.4, 0.5) is 0 Å². The van der Waals surface area contributed by atoms with Crippen molar-refractivity contribution >= 4 is 23.2 Å². The second-order valence-corrected chi connectivity index (χ2v) is 9.94. The third kappa shape index (κ3) is 5.62. The Kier molecular flexibility index (Phi) is 8.10. The Balaban J connectivity index is 1.52. The van der Waals surface area contributed by atoms with Gasteiger partial charge in [0.1, 0.15) is 24.7 Å². The molecule has 0 saturated heterocycles. The van der Waals surface area contributed by atoms with Crippen molar-refractivity contribution < 1.29 is 19.1 Å². The molecule has 0 bridgehead atoms. The number of rotatable bonds is 9. The summed E-state index contributed by atoms with van der Waals surface area (Å²) in [5.41, 5.74) is 3.87. The van der Waals surface area contributed by atoms with Gasteiger partial charge in [0, 0.05) is 23.5 Å². The van der Waals surface area contributed by atoms with Crippen LogP contribution in [0.1, 0.15) is 38.0 Å². The fourth-order valence-corrected chi connectivity index (χ4v) is 5.48. The number of ether oxygens (including phenoxy) is 2. The lowest BCUT2D eigenvalue weighted by atomic mass is 10.00. The van der Waals surface area contributed by atoms with Crippen LogP contribution in [0, 0.1) is 13.8 Å². The lowest BCUT2D eigenvalue weighted by molar-refractivity contribution is -0.135. The predicted octanol–water partition coefficient (Wildman–Crippen LogP) is 5.21. The van der Waals surface area contributed by atoms with Crippen molar-refractivity contribution in [3.05, 3.63) is 93.7 Å². The van der Waals surface area contributed by atoms with Gasteiger partial charge < -0.3 is 19.3 Å². The van der Waals surface area contributed by atoms with E-state index in [1.807, 2.05) is 24.0 Å². The molecule has 2 aromatic carbocycles. The topological polar surface area (TPSA) is 59.1 Å². The van der Waals surface area contributed by atoms with Crippen molar-refractivity contribution in [3.8, 4) is 11.5 Å². The fraction of sp³-hybridized carbons (Fsp3) is 0.310. The van der Waals surface area contributed by atoms with Crippen molar-refractivity contribution in [2.45, 2.75) is 26.3 Å². The van der Waals surface area contributed by atoms with Crippen LogP contribution in [0.5, 0.6) is 11.5 Å². The van der Waals surface area contributed by atoms with Gasteiger partial charge in [-0.1, -0.05) is 23.8 Å². The lowest BCUT2D eigenvalue weighted by Gasteiger charge is -2.37. The number of amides is 2. The highest BCUT2D eigenvalue weighted by molar-refractivity contribution is 7.10. The van der Waals surface area contributed by atoms with Gasteiger partial charge in [0.25, 0.3) is 5.91 Å². The van der Waals surface area contributed by atoms with Gasteiger partial charge in [0.2, 0.25) is 5.91 Å². The van der Waals surface area contributed by atoms with Gasteiger partial charge in [-0.3, -0.25) is 9.59 Å². The molecule has 3 aromatic rings. The molecule has 188 valence electrons. The van der Waals surface area contributed by atoms with Crippen LogP contribution >= 0.6 is 11.3 Å². The van der Waals surface area contributed by atoms with Crippen LogP contribution in [-0.4, -0.2) is 55.0 Å². The Morgan fingerprint density at radius 2 is 1.94 bits per heavy atom. The first-order valence-electron chi connectivity index (χ1n) is 12.0. The van der Waals surface area contributed by atoms with Gasteiger partial charge in [-0.25, -0.2) is 0 Å². The minimum Gasteiger partial charge on any atom is -0.497 e. The van der Waals surface area contributed by atoms with E-state index >= 15 is 0 Å². The Labute approximate surface area is 216 Å². The second kappa shape index (κ2) is 11.4. The van der Waals surface area contributed by atoms with Crippen molar-refractivity contribution in [3.63, 3.8) is 0 Å². The molecule has 1 unspecified atom stereocenters. The summed E-state index contributed by atoms with van der Waals surface area (Å²) < 4.78 is 11.4. The highest BCUT2D eigenvalue weighted by Crippen LogP contribution is 2.34. The second-order valence-electron chi connectivity index (χ2n) is 8.93. The Hall–Kier alpha value is -3.58. The summed E-state index contributed by atoms with van der Waals surface area (Å²) in [4.78, 5) is 31.5. The molecule has 0 radical (unpaired) electrons. The molecule has 7 heteroatoms. The molecule has 0 aliphatic carbocycles. The maximum atomic E-state index is 13.6. The van der Waals surface area contributed by atoms with E-state index in [0.717, 1.165) is 23.3 Å². The SMILES string of the molecule is C=CCN(CC(=O)N1CCc2sccc2C1COc1ccc(C)cc1C)C(=O)c1ccc(OC)cc1. The third-order valence-corrected chi connectivity index (χ3v) is 7.44. The lowest BCUT2D eigenvalue weighted by Crippen LogP contribution is -2.47. The maximum absolute atomic E-state index is 13.6. The van der Waals surface area contributed by atoms with Crippen LogP contribution < -0.4 is 9.47 Å². The molecule has 6 nitrogen and oxygen atoms in total. The summed E-state index contributed by atoms with van der Waals surface area (Å²) in [5.74, 6) is 1.16. The van der Waals surface area contributed by atoms with Crippen molar-refractivity contribution in [1.82, 2.24) is 9.80 Å². The summed E-state index contributed by atoms with van der Waals surface area (Å²) in [7, 11) is 1.58. The smallest absolute Gasteiger partial charge is 0.254 e. The van der Waals surface area contributed by atoms with E-state index in [1.54, 1.807) is 48.8 Å². The highest BCUT2D eigenvalue weighted by atomic mass is 32.1. The van der Waals surface area contributed by atoms with Gasteiger partial charge in [0.05, 0.1) is 13.2 Å². The standard InChI is InChI=1S/C29H32N2O4S/c1-5-14-30(29(33)22-7-9-23(34-4)10-8-22)18-28(32)31-15-12-27-24(13-16-36-27)25(31)19-35-26-11-6-20(2)17-21(26)3/h5-11,13,16-17,25H,1,12,14-15,18-19H2,2-4H3. The molecule has 36 heavy (non-hydrogen) atoms. The summed E-state index contributed by atoms with van der Waals surface area (Å²) in [6, 6.07) is 14.9. The Morgan fingerprint density at radius 3 is 2.64 bits per heavy atom. The molecular weight excluding hydrogens is 472 g/mol. The summed E-state index contributed by atoms with van der Waals surface area (Å²) in [6.07, 6.45) is 2.44. The average molecular weight is 505 g/mol. The molecular formula is C29H32N2O4S. The number of aryl methyl sites for hydroxylation is 2. The van der Waals surface area contributed by atoms with E-state index in [4.69, 9.17) is 9.47 Å². The summed E-state index contributed by atoms with van der Waals surface area (Å²) in [6.45, 7) is 9.05. The van der Waals surface area contributed by atoms with Crippen LogP contribution in [-0.2, 0) is 11.2 Å². The quantitative estimate of drug-likeness (QED) is 0.376. The summed E-state index contributed by atoms with van der Waals surface area (Å²) in [5, 5.41) is 2.07. The zero-order chi connectivity index (χ0) is 25.7. The minimum atomic E-state index is -0.220. The fourth-order valence-electron chi connectivity index (χ4n) is 4.55. The number of nitrogens with zero attached hydrogens (tertiary/aromatic N) is 2. The molecule has 0 saturated carbocycles. The molecule has 2 heterocycles. The molecule has 0 N–H and O–H groups in total. The molecule has 0 fully saturated rings. The zero-order valence-corrected chi connectivity index (χ0v) is 21.8. The van der Waals surface area contributed by atoms with Gasteiger partial charge in [-0.2, -0.15) is 0 Å². The van der Waals surface area contributed by atoms with E-state index in [-0.39, 0.29) is 30.9 Å². The largest absolute Gasteiger partial charge is 0.497 e. The minimum absolute atomic E-state index is 0.0313. The highest BCUT2D eigenvalue weighted by Gasteiger charge is 2.33. The number of hydrogen-bond donors (Lipinski definition) is 0. The van der Waals surface area contributed by atoms with Crippen molar-refractivity contribution in [1.29, 1.82) is 0 Å². The molecule has 4 rings (SSSR count). The van der Waals surface area contributed by atoms with Crippen LogP contribution in [0.25, 0.3) is 0 Å². The van der Waals surface area contributed by atoms with Crippen LogP contribution in [0.2, 0.25) is 0 Å². The number of hydrogen-bond acceptors (Lipinski definition) is 5. The van der Waals surface area contributed by atoms with E-state index in [0.29, 0.717) is 24.5 Å². The maximum Gasteiger partial charge on any atom is 0.254 e. The van der Waals surface area contributed by atoms with E-state index in [2.05, 4.69) is 31.0 Å². The normalized spacial score (nSPS) is 14.6. The predicted molar refractivity (Wildman–Crippen MR) is 143 cm³/mol. The van der Waals surface area contributed by atoms with E-state index in [9.17, 15) is 9.59 Å². The number of thiophene rings is 1. The van der Waals surface area contributed by atoms with E-state index in [1.165, 1.54) is 15.3 Å². The first-order valence-corrected chi connectivity index (χ1v) is 12.9. The molecule has 1 aliphatic heterocycles. The monoisotopic (exact) mass is 504 g/mol. The molecule has 1 atom stereocenters. The molecule has 1 aliphatic rings. The third-order valence-electron chi connectivity index (χ3n) is 6.44. The Bertz CT molecular complexity index is 1230. The number of carbonyl (C=O) groups excluding carboxylic acids is 2. The molecule has 2 amide bonds. The summed E-state index contributed by atoms with van der Waals surface area (Å²) >= 11 is 1.72. The molecule has 0 spiro atoms. The Morgan fingerprint density at radius 1 is 1.17 bits per heavy atom. The van der Waals surface area contributed by atoms with Gasteiger partial charge in [0.15, 0.2) is 0 Å². The number of fused-ring (bicyclic) bond motifs is 1. The average Bonchev–Trinajstić information content (AvgIpc) is 3.36. The van der Waals surface area contributed by atoms with Crippen LogP contribution in [0.15, 0.2) is 66.6 Å². The number of methoxy groups -OCH3 is 1. The van der Waals surface area contributed by atoms with Gasteiger partial charge >= 0.3 is 0 Å². The van der Waals surface area contributed by atoms with Gasteiger partial charge in [-0.05, 0) is 73.2 Å². The van der Waals surface area contributed by atoms with Gasteiger partial charge in [-0.15, -0.1) is 17.9 Å². The van der Waals surface area contributed by atoms with Crippen molar-refractivity contribution in [2.24, 2.45) is 0 Å². The van der Waals surface area contributed by atoms with Crippen LogP contribution in [0.3, 0.4) is 0 Å².